The third-order valence-electron chi connectivity index (χ3n) is 4.65. The Balaban J connectivity index is 1.64. The molecule has 0 bridgehead atoms. The summed E-state index contributed by atoms with van der Waals surface area (Å²) in [5.41, 5.74) is 3.18. The van der Waals surface area contributed by atoms with Gasteiger partial charge in [0, 0.05) is 12.2 Å². The number of fused-ring (bicyclic) bond motifs is 1. The smallest absolute Gasteiger partial charge is 0.345 e. The van der Waals surface area contributed by atoms with Gasteiger partial charge in [-0.25, -0.2) is 14.2 Å². The summed E-state index contributed by atoms with van der Waals surface area (Å²) in [6.45, 7) is 2.85. The normalized spacial score (nSPS) is 12.6. The summed E-state index contributed by atoms with van der Waals surface area (Å²) in [4.78, 5) is 23.2. The summed E-state index contributed by atoms with van der Waals surface area (Å²) >= 11 is 0. The molecule has 2 aromatic carbocycles. The first-order chi connectivity index (χ1) is 14.2. The zero-order valence-corrected chi connectivity index (χ0v) is 16.0. The highest BCUT2D eigenvalue weighted by Gasteiger charge is 2.25. The predicted octanol–water partition coefficient (Wildman–Crippen LogP) is 4.07. The van der Waals surface area contributed by atoms with Crippen LogP contribution in [0.5, 0.6) is 5.88 Å². The van der Waals surface area contributed by atoms with Gasteiger partial charge in [-0.15, -0.1) is 0 Å². The van der Waals surface area contributed by atoms with Crippen LogP contribution in [0.4, 0.5) is 16.0 Å². The fraction of sp³-hybridized carbons (Fsp3) is 0.227. The number of esters is 1. The third kappa shape index (κ3) is 4.03. The maximum Gasteiger partial charge on any atom is 0.345 e. The second-order valence-corrected chi connectivity index (χ2v) is 6.55. The molecule has 6 nitrogen and oxygen atoms in total. The first-order valence-electron chi connectivity index (χ1n) is 9.42. The van der Waals surface area contributed by atoms with E-state index in [9.17, 15) is 9.18 Å². The monoisotopic (exact) mass is 393 g/mol. The van der Waals surface area contributed by atoms with Crippen molar-refractivity contribution in [2.45, 2.75) is 20.0 Å². The van der Waals surface area contributed by atoms with Crippen LogP contribution in [0.3, 0.4) is 0 Å². The Hall–Kier alpha value is -3.48. The van der Waals surface area contributed by atoms with Crippen molar-refractivity contribution < 1.29 is 18.7 Å². The number of hydrogen-bond acceptors (Lipinski definition) is 6. The molecule has 2 heterocycles. The standard InChI is InChI=1S/C22H20FN3O3/c1-2-28-21(27)18-13-24-22(26-12-11-16-5-3-4-6-19(16)26)25-20(18)29-14-15-7-9-17(23)10-8-15/h3-10,13H,2,11-12,14H2,1H3. The number of hydrogen-bond donors (Lipinski definition) is 0. The average Bonchev–Trinajstić information content (AvgIpc) is 3.17. The maximum absolute atomic E-state index is 13.1. The Kier molecular flexibility index (Phi) is 5.37. The minimum Gasteiger partial charge on any atom is -0.472 e. The van der Waals surface area contributed by atoms with Crippen molar-refractivity contribution in [1.82, 2.24) is 9.97 Å². The van der Waals surface area contributed by atoms with E-state index in [4.69, 9.17) is 9.47 Å². The van der Waals surface area contributed by atoms with Gasteiger partial charge < -0.3 is 14.4 Å². The predicted molar refractivity (Wildman–Crippen MR) is 106 cm³/mol. The van der Waals surface area contributed by atoms with Crippen molar-refractivity contribution in [1.29, 1.82) is 0 Å². The Morgan fingerprint density at radius 1 is 1.17 bits per heavy atom. The molecule has 0 saturated carbocycles. The van der Waals surface area contributed by atoms with Gasteiger partial charge in [0.15, 0.2) is 0 Å². The van der Waals surface area contributed by atoms with E-state index >= 15 is 0 Å². The van der Waals surface area contributed by atoms with Crippen molar-refractivity contribution in [3.05, 3.63) is 77.2 Å². The van der Waals surface area contributed by atoms with Gasteiger partial charge in [-0.2, -0.15) is 4.98 Å². The van der Waals surface area contributed by atoms with Gasteiger partial charge >= 0.3 is 5.97 Å². The molecule has 0 spiro atoms. The second kappa shape index (κ2) is 8.26. The molecule has 148 valence electrons. The molecule has 0 aliphatic carbocycles. The lowest BCUT2D eigenvalue weighted by Crippen LogP contribution is -2.18. The van der Waals surface area contributed by atoms with Gasteiger partial charge in [0.05, 0.1) is 12.8 Å². The molecule has 0 unspecified atom stereocenters. The quantitative estimate of drug-likeness (QED) is 0.589. The summed E-state index contributed by atoms with van der Waals surface area (Å²) in [6.07, 6.45) is 2.33. The molecular weight excluding hydrogens is 373 g/mol. The van der Waals surface area contributed by atoms with E-state index in [1.165, 1.54) is 23.9 Å². The molecule has 1 aliphatic rings. The number of rotatable bonds is 6. The minimum atomic E-state index is -0.546. The van der Waals surface area contributed by atoms with E-state index in [0.717, 1.165) is 24.2 Å². The molecule has 0 fully saturated rings. The largest absolute Gasteiger partial charge is 0.472 e. The number of ether oxygens (including phenoxy) is 2. The third-order valence-corrected chi connectivity index (χ3v) is 4.65. The summed E-state index contributed by atoms with van der Waals surface area (Å²) in [5.74, 6) is -0.271. The van der Waals surface area contributed by atoms with E-state index in [2.05, 4.69) is 16.0 Å². The first-order valence-corrected chi connectivity index (χ1v) is 9.42. The van der Waals surface area contributed by atoms with Crippen LogP contribution in [0.1, 0.15) is 28.4 Å². The maximum atomic E-state index is 13.1. The lowest BCUT2D eigenvalue weighted by Gasteiger charge is -2.18. The molecule has 0 N–H and O–H groups in total. The molecule has 7 heteroatoms. The Labute approximate surface area is 167 Å². The number of anilines is 2. The van der Waals surface area contributed by atoms with Gasteiger partial charge in [0.25, 0.3) is 0 Å². The Bertz CT molecular complexity index is 1020. The van der Waals surface area contributed by atoms with Crippen molar-refractivity contribution >= 4 is 17.6 Å². The lowest BCUT2D eigenvalue weighted by atomic mass is 10.2. The second-order valence-electron chi connectivity index (χ2n) is 6.55. The van der Waals surface area contributed by atoms with Crippen LogP contribution in [0.2, 0.25) is 0 Å². The molecule has 29 heavy (non-hydrogen) atoms. The van der Waals surface area contributed by atoms with E-state index in [-0.39, 0.29) is 30.5 Å². The molecule has 0 atom stereocenters. The number of carbonyl (C=O) groups excluding carboxylic acids is 1. The molecule has 3 aromatic rings. The lowest BCUT2D eigenvalue weighted by molar-refractivity contribution is 0.0519. The molecular formula is C22H20FN3O3. The zero-order chi connectivity index (χ0) is 20.2. The highest BCUT2D eigenvalue weighted by Crippen LogP contribution is 2.33. The molecule has 1 aliphatic heterocycles. The van der Waals surface area contributed by atoms with Crippen LogP contribution in [0.25, 0.3) is 0 Å². The highest BCUT2D eigenvalue weighted by molar-refractivity contribution is 5.91. The van der Waals surface area contributed by atoms with Gasteiger partial charge in [0.1, 0.15) is 18.0 Å². The zero-order valence-electron chi connectivity index (χ0n) is 16.0. The fourth-order valence-electron chi connectivity index (χ4n) is 3.22. The van der Waals surface area contributed by atoms with Crippen molar-refractivity contribution in [3.8, 4) is 5.88 Å². The molecule has 0 saturated heterocycles. The van der Waals surface area contributed by atoms with Crippen LogP contribution in [0, 0.1) is 5.82 Å². The van der Waals surface area contributed by atoms with Crippen molar-refractivity contribution in [2.75, 3.05) is 18.1 Å². The number of para-hydroxylation sites is 1. The molecule has 0 radical (unpaired) electrons. The number of benzene rings is 2. The summed E-state index contributed by atoms with van der Waals surface area (Å²) in [7, 11) is 0. The Morgan fingerprint density at radius 3 is 2.76 bits per heavy atom. The van der Waals surface area contributed by atoms with E-state index < -0.39 is 5.97 Å². The van der Waals surface area contributed by atoms with Crippen molar-refractivity contribution in [2.24, 2.45) is 0 Å². The Morgan fingerprint density at radius 2 is 1.97 bits per heavy atom. The van der Waals surface area contributed by atoms with Gasteiger partial charge in [-0.05, 0) is 42.7 Å². The minimum absolute atomic E-state index is 0.139. The summed E-state index contributed by atoms with van der Waals surface area (Å²) < 4.78 is 24.0. The SMILES string of the molecule is CCOC(=O)c1cnc(N2CCc3ccccc32)nc1OCc1ccc(F)cc1. The van der Waals surface area contributed by atoms with E-state index in [0.29, 0.717) is 5.95 Å². The van der Waals surface area contributed by atoms with Crippen LogP contribution < -0.4 is 9.64 Å². The van der Waals surface area contributed by atoms with Gasteiger partial charge in [0.2, 0.25) is 11.8 Å². The van der Waals surface area contributed by atoms with Gasteiger partial charge in [-0.3, -0.25) is 0 Å². The van der Waals surface area contributed by atoms with Crippen LogP contribution in [-0.4, -0.2) is 29.1 Å². The summed E-state index contributed by atoms with van der Waals surface area (Å²) in [6, 6.07) is 14.0. The number of carbonyl (C=O) groups is 1. The van der Waals surface area contributed by atoms with E-state index in [1.807, 2.05) is 23.1 Å². The topological polar surface area (TPSA) is 64.5 Å². The highest BCUT2D eigenvalue weighted by atomic mass is 19.1. The molecule has 4 rings (SSSR count). The van der Waals surface area contributed by atoms with Crippen LogP contribution in [0.15, 0.2) is 54.7 Å². The molecule has 0 amide bonds. The number of halogens is 1. The molecule has 1 aromatic heterocycles. The fourth-order valence-corrected chi connectivity index (χ4v) is 3.22. The summed E-state index contributed by atoms with van der Waals surface area (Å²) in [5, 5.41) is 0. The van der Waals surface area contributed by atoms with Gasteiger partial charge in [-0.1, -0.05) is 30.3 Å². The number of aromatic nitrogens is 2. The van der Waals surface area contributed by atoms with Crippen molar-refractivity contribution in [3.63, 3.8) is 0 Å². The number of nitrogens with zero attached hydrogens (tertiary/aromatic N) is 3. The van der Waals surface area contributed by atoms with E-state index in [1.54, 1.807) is 19.1 Å². The van der Waals surface area contributed by atoms with Crippen LogP contribution in [-0.2, 0) is 17.8 Å². The first kappa shape index (κ1) is 18.9. The average molecular weight is 393 g/mol. The van der Waals surface area contributed by atoms with Crippen LogP contribution >= 0.6 is 0 Å².